The van der Waals surface area contributed by atoms with Crippen LogP contribution in [0, 0.1) is 5.92 Å². The number of aliphatic hydroxyl groups is 1. The van der Waals surface area contributed by atoms with E-state index in [1.807, 2.05) is 0 Å². The first kappa shape index (κ1) is 86.1. The summed E-state index contributed by atoms with van der Waals surface area (Å²) in [6, 6.07) is 0. The normalized spacial score (nSPS) is 14.1. The van der Waals surface area contributed by atoms with Gasteiger partial charge in [-0.1, -0.05) is 304 Å². The summed E-state index contributed by atoms with van der Waals surface area (Å²) in [5.74, 6) is -1.31. The van der Waals surface area contributed by atoms with Crippen LogP contribution in [0.2, 0.25) is 0 Å². The van der Waals surface area contributed by atoms with E-state index in [9.17, 15) is 43.2 Å². The molecule has 0 aromatic rings. The summed E-state index contributed by atoms with van der Waals surface area (Å²) in [6.45, 7) is 7.18. The highest BCUT2D eigenvalue weighted by molar-refractivity contribution is 7.47. The zero-order chi connectivity index (χ0) is 64.9. The SMILES string of the molecule is CCCCCCCCCCCCCC(=O)OC[C@H](COP(=O)(O)OC[C@@H](O)COP(=O)(O)OC[C@@H](COC(=O)CCCCCCC)OC(=O)CCCCCCCCCCCCC)OC(=O)CCCCCCCCCCCCCCCCCCCCC(C)C. The zero-order valence-electron chi connectivity index (χ0n) is 56.9. The highest BCUT2D eigenvalue weighted by atomic mass is 31.2. The molecule has 0 saturated carbocycles. The second kappa shape index (κ2) is 62.5. The van der Waals surface area contributed by atoms with Gasteiger partial charge in [-0.25, -0.2) is 9.13 Å². The Kier molecular flexibility index (Phi) is 61.1. The number of aliphatic hydroxyl groups excluding tert-OH is 1. The van der Waals surface area contributed by atoms with Crippen LogP contribution in [0.15, 0.2) is 0 Å². The lowest BCUT2D eigenvalue weighted by atomic mass is 10.0. The smallest absolute Gasteiger partial charge is 0.462 e. The molecule has 2 unspecified atom stereocenters. The molecule has 0 aromatic heterocycles. The van der Waals surface area contributed by atoms with Gasteiger partial charge in [0.15, 0.2) is 12.2 Å². The molecule has 0 aliphatic carbocycles. The Bertz CT molecular complexity index is 1700. The molecule has 5 atom stereocenters. The van der Waals surface area contributed by atoms with Crippen LogP contribution in [0.5, 0.6) is 0 Å². The third kappa shape index (κ3) is 62.8. The summed E-state index contributed by atoms with van der Waals surface area (Å²) in [7, 11) is -9.88. The van der Waals surface area contributed by atoms with Crippen molar-refractivity contribution in [2.45, 2.75) is 374 Å². The van der Waals surface area contributed by atoms with Crippen molar-refractivity contribution in [3.63, 3.8) is 0 Å². The topological polar surface area (TPSA) is 237 Å². The number of phosphoric acid groups is 2. The number of hydrogen-bond donors (Lipinski definition) is 3. The number of hydrogen-bond acceptors (Lipinski definition) is 15. The van der Waals surface area contributed by atoms with Crippen LogP contribution in [0.4, 0.5) is 0 Å². The van der Waals surface area contributed by atoms with Crippen molar-refractivity contribution in [1.29, 1.82) is 0 Å². The summed E-state index contributed by atoms with van der Waals surface area (Å²) in [6.07, 6.45) is 49.0. The van der Waals surface area contributed by atoms with Gasteiger partial charge in [-0.2, -0.15) is 0 Å². The molecule has 0 rings (SSSR count). The van der Waals surface area contributed by atoms with Gasteiger partial charge < -0.3 is 33.8 Å². The Hall–Kier alpha value is -1.94. The summed E-state index contributed by atoms with van der Waals surface area (Å²) in [4.78, 5) is 72.1. The van der Waals surface area contributed by atoms with E-state index in [1.54, 1.807) is 0 Å². The number of carbonyl (C=O) groups is 4. The average molecular weight is 1300 g/mol. The molecular weight excluding hydrogens is 1160 g/mol. The van der Waals surface area contributed by atoms with Crippen LogP contribution in [-0.2, 0) is 65.4 Å². The van der Waals surface area contributed by atoms with Crippen molar-refractivity contribution in [2.24, 2.45) is 5.92 Å². The van der Waals surface area contributed by atoms with Gasteiger partial charge >= 0.3 is 39.5 Å². The minimum absolute atomic E-state index is 0.106. The number of unbranched alkanes of at least 4 members (excludes halogenated alkanes) is 41. The summed E-state index contributed by atoms with van der Waals surface area (Å²) >= 11 is 0. The molecule has 0 saturated heterocycles. The van der Waals surface area contributed by atoms with Gasteiger partial charge in [0, 0.05) is 25.7 Å². The van der Waals surface area contributed by atoms with Crippen LogP contribution in [-0.4, -0.2) is 96.7 Å². The Morgan fingerprint density at radius 2 is 0.523 bits per heavy atom. The molecule has 88 heavy (non-hydrogen) atoms. The van der Waals surface area contributed by atoms with Crippen molar-refractivity contribution in [1.82, 2.24) is 0 Å². The Morgan fingerprint density at radius 3 is 0.773 bits per heavy atom. The predicted octanol–water partition coefficient (Wildman–Crippen LogP) is 19.7. The quantitative estimate of drug-likeness (QED) is 0.0222. The first-order chi connectivity index (χ1) is 42.5. The fourth-order valence-corrected chi connectivity index (χ4v) is 12.0. The molecule has 0 aliphatic heterocycles. The highest BCUT2D eigenvalue weighted by Crippen LogP contribution is 2.45. The number of carbonyl (C=O) groups excluding carboxylic acids is 4. The molecule has 0 amide bonds. The monoisotopic (exact) mass is 1300 g/mol. The molecule has 19 heteroatoms. The first-order valence-electron chi connectivity index (χ1n) is 36.1. The Labute approximate surface area is 537 Å². The van der Waals surface area contributed by atoms with Crippen LogP contribution in [0.3, 0.4) is 0 Å². The second-order valence-corrected chi connectivity index (χ2v) is 28.3. The van der Waals surface area contributed by atoms with Gasteiger partial charge in [-0.3, -0.25) is 37.3 Å². The molecule has 17 nitrogen and oxygen atoms in total. The van der Waals surface area contributed by atoms with Gasteiger partial charge in [-0.05, 0) is 31.6 Å². The summed E-state index contributed by atoms with van der Waals surface area (Å²) in [5.41, 5.74) is 0. The second-order valence-electron chi connectivity index (χ2n) is 25.4. The Morgan fingerprint density at radius 1 is 0.307 bits per heavy atom. The maximum Gasteiger partial charge on any atom is 0.472 e. The van der Waals surface area contributed by atoms with Crippen molar-refractivity contribution in [3.8, 4) is 0 Å². The first-order valence-corrected chi connectivity index (χ1v) is 39.1. The lowest BCUT2D eigenvalue weighted by molar-refractivity contribution is -0.161. The zero-order valence-corrected chi connectivity index (χ0v) is 58.6. The molecule has 0 bridgehead atoms. The van der Waals surface area contributed by atoms with E-state index in [0.717, 1.165) is 102 Å². The van der Waals surface area contributed by atoms with Gasteiger partial charge in [0.05, 0.1) is 26.4 Å². The van der Waals surface area contributed by atoms with Crippen LogP contribution in [0.25, 0.3) is 0 Å². The largest absolute Gasteiger partial charge is 0.472 e. The van der Waals surface area contributed by atoms with Gasteiger partial charge in [0.25, 0.3) is 0 Å². The molecule has 3 N–H and O–H groups in total. The minimum atomic E-state index is -4.95. The number of phosphoric ester groups is 2. The van der Waals surface area contributed by atoms with Crippen molar-refractivity contribution >= 4 is 39.5 Å². The van der Waals surface area contributed by atoms with Crippen LogP contribution < -0.4 is 0 Å². The fourth-order valence-electron chi connectivity index (χ4n) is 10.5. The Balaban J connectivity index is 5.09. The van der Waals surface area contributed by atoms with E-state index in [0.29, 0.717) is 25.7 Å². The highest BCUT2D eigenvalue weighted by Gasteiger charge is 2.30. The third-order valence-corrected chi connectivity index (χ3v) is 17.9. The molecule has 0 spiro atoms. The summed E-state index contributed by atoms with van der Waals surface area (Å²) < 4.78 is 68.0. The van der Waals surface area contributed by atoms with Crippen molar-refractivity contribution in [2.75, 3.05) is 39.6 Å². The van der Waals surface area contributed by atoms with E-state index >= 15 is 0 Å². The number of ether oxygens (including phenoxy) is 4. The van der Waals surface area contributed by atoms with E-state index in [-0.39, 0.29) is 25.7 Å². The molecule has 0 radical (unpaired) electrons. The van der Waals surface area contributed by atoms with Gasteiger partial charge in [-0.15, -0.1) is 0 Å². The lowest BCUT2D eigenvalue weighted by Crippen LogP contribution is -2.30. The van der Waals surface area contributed by atoms with Crippen molar-refractivity contribution in [3.05, 3.63) is 0 Å². The average Bonchev–Trinajstić information content (AvgIpc) is 3.50. The third-order valence-electron chi connectivity index (χ3n) is 16.0. The minimum Gasteiger partial charge on any atom is -0.462 e. The molecular formula is C69H134O17P2. The number of esters is 4. The van der Waals surface area contributed by atoms with E-state index < -0.39 is 97.5 Å². The molecule has 0 fully saturated rings. The van der Waals surface area contributed by atoms with Gasteiger partial charge in [0.1, 0.15) is 19.3 Å². The van der Waals surface area contributed by atoms with Crippen LogP contribution >= 0.6 is 15.6 Å². The van der Waals surface area contributed by atoms with Crippen molar-refractivity contribution < 1.29 is 80.2 Å². The number of rotatable bonds is 69. The molecule has 522 valence electrons. The molecule has 0 aromatic carbocycles. The maximum atomic E-state index is 13.0. The van der Waals surface area contributed by atoms with Gasteiger partial charge in [0.2, 0.25) is 0 Å². The van der Waals surface area contributed by atoms with E-state index in [2.05, 4.69) is 34.6 Å². The summed E-state index contributed by atoms with van der Waals surface area (Å²) in [5, 5.41) is 10.5. The van der Waals surface area contributed by atoms with Crippen LogP contribution in [0.1, 0.15) is 356 Å². The molecule has 0 aliphatic rings. The van der Waals surface area contributed by atoms with E-state index in [1.165, 1.54) is 173 Å². The lowest BCUT2D eigenvalue weighted by Gasteiger charge is -2.21. The maximum absolute atomic E-state index is 13.0. The van der Waals surface area contributed by atoms with E-state index in [4.69, 9.17) is 37.0 Å². The standard InChI is InChI=1S/C69H134O17P2/c1-6-9-12-15-17-19-29-34-38-43-48-53-67(72)80-59-65(86-69(74)55-50-45-40-36-32-28-26-24-22-21-23-25-27-31-33-37-42-46-51-62(4)5)61-84-88(77,78)82-57-63(70)56-81-87(75,76)83-60-64(58-79-66(71)52-47-41-14-11-8-3)85-68(73)54-49-44-39-35-30-20-18-16-13-10-7-2/h62-65,70H,6-61H2,1-5H3,(H,75,76)(H,77,78)/t63-,64+,65+/m0/s1. The molecule has 0 heterocycles. The predicted molar refractivity (Wildman–Crippen MR) is 354 cm³/mol. The fraction of sp³-hybridized carbons (Fsp3) is 0.942.